The van der Waals surface area contributed by atoms with E-state index in [1.54, 1.807) is 13.0 Å². The number of pyridine rings is 1. The zero-order valence-electron chi connectivity index (χ0n) is 10.8. The number of nitrogens with two attached hydrogens (primary N) is 1. The number of rotatable bonds is 3. The van der Waals surface area contributed by atoms with E-state index in [4.69, 9.17) is 15.7 Å². The van der Waals surface area contributed by atoms with E-state index in [9.17, 15) is 8.78 Å². The van der Waals surface area contributed by atoms with Gasteiger partial charge in [-0.3, -0.25) is 0 Å². The number of nitrogens with zero attached hydrogens (tertiary/aromatic N) is 2. The van der Waals surface area contributed by atoms with E-state index in [1.807, 2.05) is 0 Å². The van der Waals surface area contributed by atoms with Crippen LogP contribution in [0.15, 0.2) is 33.9 Å². The van der Waals surface area contributed by atoms with E-state index in [-0.39, 0.29) is 17.5 Å². The monoisotopic (exact) mass is 357 g/mol. The van der Waals surface area contributed by atoms with Crippen LogP contribution in [-0.2, 0) is 0 Å². The van der Waals surface area contributed by atoms with Gasteiger partial charge in [0.2, 0.25) is 11.7 Å². The average molecular weight is 358 g/mol. The molecule has 21 heavy (non-hydrogen) atoms. The Kier molecular flexibility index (Phi) is 4.37. The van der Waals surface area contributed by atoms with Crippen molar-refractivity contribution in [3.05, 3.63) is 51.6 Å². The van der Waals surface area contributed by atoms with Crippen molar-refractivity contribution < 1.29 is 18.7 Å². The standard InChI is InChI=1S/C13H10BrF2N3O2/c1-6-2-7(13(17)19-20)3-11(18-6)21-10-5-8(14)4-9(15)12(10)16/h2-5,20H,1H3,(H2,17,19). The molecular formula is C13H10BrF2N3O2. The molecule has 8 heteroatoms. The van der Waals surface area contributed by atoms with Crippen LogP contribution in [0.2, 0.25) is 0 Å². The molecule has 0 radical (unpaired) electrons. The van der Waals surface area contributed by atoms with Gasteiger partial charge >= 0.3 is 0 Å². The highest BCUT2D eigenvalue weighted by molar-refractivity contribution is 9.10. The van der Waals surface area contributed by atoms with Crippen LogP contribution in [0.4, 0.5) is 8.78 Å². The minimum atomic E-state index is -1.13. The molecule has 2 aromatic rings. The fourth-order valence-corrected chi connectivity index (χ4v) is 2.02. The van der Waals surface area contributed by atoms with Crippen molar-refractivity contribution in [3.63, 3.8) is 0 Å². The van der Waals surface area contributed by atoms with Crippen molar-refractivity contribution in [2.24, 2.45) is 10.9 Å². The third-order valence-corrected chi connectivity index (χ3v) is 2.97. The number of aromatic nitrogens is 1. The van der Waals surface area contributed by atoms with Gasteiger partial charge in [-0.2, -0.15) is 4.39 Å². The summed E-state index contributed by atoms with van der Waals surface area (Å²) in [4.78, 5) is 4.03. The number of ether oxygens (including phenoxy) is 1. The number of amidine groups is 1. The van der Waals surface area contributed by atoms with Crippen LogP contribution in [0.1, 0.15) is 11.3 Å². The summed E-state index contributed by atoms with van der Waals surface area (Å²) in [6.45, 7) is 1.65. The van der Waals surface area contributed by atoms with E-state index in [0.29, 0.717) is 15.7 Å². The molecule has 110 valence electrons. The fourth-order valence-electron chi connectivity index (χ4n) is 1.62. The second-order valence-electron chi connectivity index (χ2n) is 4.12. The summed E-state index contributed by atoms with van der Waals surface area (Å²) in [5.74, 6) is -2.67. The number of halogens is 3. The summed E-state index contributed by atoms with van der Waals surface area (Å²) in [5, 5.41) is 11.5. The lowest BCUT2D eigenvalue weighted by Gasteiger charge is -2.09. The van der Waals surface area contributed by atoms with Crippen molar-refractivity contribution in [1.29, 1.82) is 0 Å². The topological polar surface area (TPSA) is 80.7 Å². The van der Waals surface area contributed by atoms with Gasteiger partial charge < -0.3 is 15.7 Å². The molecule has 0 bridgehead atoms. The second-order valence-corrected chi connectivity index (χ2v) is 5.04. The zero-order valence-corrected chi connectivity index (χ0v) is 12.4. The first-order chi connectivity index (χ1) is 9.90. The molecule has 0 aliphatic heterocycles. The van der Waals surface area contributed by atoms with Gasteiger partial charge in [-0.25, -0.2) is 9.37 Å². The Balaban J connectivity index is 2.43. The Labute approximate surface area is 127 Å². The molecule has 1 aromatic heterocycles. The first-order valence-electron chi connectivity index (χ1n) is 5.69. The summed E-state index contributed by atoms with van der Waals surface area (Å²) >= 11 is 3.04. The van der Waals surface area contributed by atoms with Gasteiger partial charge in [0.1, 0.15) is 0 Å². The first-order valence-corrected chi connectivity index (χ1v) is 6.49. The van der Waals surface area contributed by atoms with Gasteiger partial charge in [0.25, 0.3) is 0 Å². The van der Waals surface area contributed by atoms with E-state index < -0.39 is 11.6 Å². The number of hydrogen-bond acceptors (Lipinski definition) is 4. The second kappa shape index (κ2) is 6.04. The maximum Gasteiger partial charge on any atom is 0.220 e. The van der Waals surface area contributed by atoms with Crippen LogP contribution in [0, 0.1) is 18.6 Å². The Hall–Kier alpha value is -2.22. The largest absolute Gasteiger partial charge is 0.436 e. The molecule has 3 N–H and O–H groups in total. The minimum absolute atomic E-state index is 0.00648. The minimum Gasteiger partial charge on any atom is -0.436 e. The molecule has 5 nitrogen and oxygen atoms in total. The lowest BCUT2D eigenvalue weighted by atomic mass is 10.2. The van der Waals surface area contributed by atoms with Gasteiger partial charge in [0.05, 0.1) is 0 Å². The molecule has 0 unspecified atom stereocenters. The fraction of sp³-hybridized carbons (Fsp3) is 0.0769. The molecule has 0 aliphatic carbocycles. The SMILES string of the molecule is Cc1cc(/C(N)=N/O)cc(Oc2cc(Br)cc(F)c2F)n1. The summed E-state index contributed by atoms with van der Waals surface area (Å²) in [5.41, 5.74) is 6.33. The van der Waals surface area contributed by atoms with Crippen molar-refractivity contribution in [1.82, 2.24) is 4.98 Å². The number of benzene rings is 1. The molecule has 0 amide bonds. The predicted molar refractivity (Wildman–Crippen MR) is 75.6 cm³/mol. The summed E-state index contributed by atoms with van der Waals surface area (Å²) in [6.07, 6.45) is 0. The highest BCUT2D eigenvalue weighted by Crippen LogP contribution is 2.29. The third kappa shape index (κ3) is 3.46. The van der Waals surface area contributed by atoms with Gasteiger partial charge in [-0.1, -0.05) is 21.1 Å². The van der Waals surface area contributed by atoms with Crippen LogP contribution < -0.4 is 10.5 Å². The highest BCUT2D eigenvalue weighted by Gasteiger charge is 2.14. The lowest BCUT2D eigenvalue weighted by molar-refractivity contribution is 0.318. The molecule has 0 spiro atoms. The molecule has 0 saturated heterocycles. The van der Waals surface area contributed by atoms with E-state index in [0.717, 1.165) is 6.07 Å². The van der Waals surface area contributed by atoms with Crippen molar-refractivity contribution >= 4 is 21.8 Å². The van der Waals surface area contributed by atoms with Crippen molar-refractivity contribution in [3.8, 4) is 11.6 Å². The van der Waals surface area contributed by atoms with E-state index in [1.165, 1.54) is 12.1 Å². The Morgan fingerprint density at radius 2 is 2.05 bits per heavy atom. The smallest absolute Gasteiger partial charge is 0.220 e. The average Bonchev–Trinajstić information content (AvgIpc) is 2.42. The maximum atomic E-state index is 13.7. The first kappa shape index (κ1) is 15.2. The summed E-state index contributed by atoms with van der Waals surface area (Å²) < 4.78 is 32.5. The zero-order chi connectivity index (χ0) is 15.6. The Morgan fingerprint density at radius 1 is 1.33 bits per heavy atom. The van der Waals surface area contributed by atoms with Gasteiger partial charge in [-0.05, 0) is 25.1 Å². The third-order valence-electron chi connectivity index (χ3n) is 2.51. The molecule has 0 fully saturated rings. The molecule has 2 rings (SSSR count). The van der Waals surface area contributed by atoms with Crippen molar-refractivity contribution in [2.45, 2.75) is 6.92 Å². The summed E-state index contributed by atoms with van der Waals surface area (Å²) in [7, 11) is 0. The maximum absolute atomic E-state index is 13.7. The van der Waals surface area contributed by atoms with Crippen LogP contribution in [0.3, 0.4) is 0 Å². The number of hydrogen-bond donors (Lipinski definition) is 2. The van der Waals surface area contributed by atoms with Crippen LogP contribution in [-0.4, -0.2) is 16.0 Å². The van der Waals surface area contributed by atoms with E-state index >= 15 is 0 Å². The van der Waals surface area contributed by atoms with Crippen molar-refractivity contribution in [2.75, 3.05) is 0 Å². The van der Waals surface area contributed by atoms with Crippen LogP contribution in [0.5, 0.6) is 11.6 Å². The van der Waals surface area contributed by atoms with E-state index in [2.05, 4.69) is 26.1 Å². The Morgan fingerprint density at radius 3 is 2.71 bits per heavy atom. The lowest BCUT2D eigenvalue weighted by Crippen LogP contribution is -2.13. The molecular weight excluding hydrogens is 348 g/mol. The predicted octanol–water partition coefficient (Wildman–Crippen LogP) is 3.32. The molecule has 1 aromatic carbocycles. The molecule has 0 aliphatic rings. The van der Waals surface area contributed by atoms with Crippen LogP contribution in [0.25, 0.3) is 0 Å². The number of aryl methyl sites for hydroxylation is 1. The number of oxime groups is 1. The highest BCUT2D eigenvalue weighted by atomic mass is 79.9. The normalized spacial score (nSPS) is 11.5. The van der Waals surface area contributed by atoms with Gasteiger partial charge in [-0.15, -0.1) is 0 Å². The van der Waals surface area contributed by atoms with Crippen LogP contribution >= 0.6 is 15.9 Å². The Bertz CT molecular complexity index is 723. The molecule has 0 saturated carbocycles. The van der Waals surface area contributed by atoms with Gasteiger partial charge in [0.15, 0.2) is 17.4 Å². The molecule has 0 atom stereocenters. The molecule has 1 heterocycles. The quantitative estimate of drug-likeness (QED) is 0.290. The summed E-state index contributed by atoms with van der Waals surface area (Å²) in [6, 6.07) is 5.15. The van der Waals surface area contributed by atoms with Gasteiger partial charge in [0, 0.05) is 21.8 Å².